The molecule has 5 rings (SSSR count). The Hall–Kier alpha value is -6.15. The lowest BCUT2D eigenvalue weighted by Crippen LogP contribution is -2.51. The Kier molecular flexibility index (Phi) is 20.8. The van der Waals surface area contributed by atoms with E-state index in [1.54, 1.807) is 24.3 Å². The number of esters is 1. The number of hydrogen-bond donors (Lipinski definition) is 4. The minimum absolute atomic E-state index is 0.0529. The first-order valence-corrected chi connectivity index (χ1v) is 21.5. The standard InChI is InChI=1S/C41H49N5O4S.2C2HF3O2/c1-5-29(2)38(44-39(47)22-35-23-42-28-46(35)24-30-17-18-31-11-6-7-13-33(31)21-30)26-45(25-34-15-10-14-32-12-8-9-16-36(32)34)27-40(48)43-37(19-20-51-4)41(49)50-3;2*3-2(4,5)1(6)7/h6-18,21,23,28-29,37-38H,5,19-20,22,24-27H2,1-4H3,(H,43,48)(H,44,47);2*(H,6,7)/t29-,37-,38+;;/m0../s1. The first kappa shape index (κ1) is 53.2. The van der Waals surface area contributed by atoms with E-state index in [9.17, 15) is 40.7 Å². The van der Waals surface area contributed by atoms with Crippen molar-refractivity contribution in [1.82, 2.24) is 25.1 Å². The van der Waals surface area contributed by atoms with E-state index in [1.807, 2.05) is 41.2 Å². The van der Waals surface area contributed by atoms with Crippen molar-refractivity contribution in [3.05, 3.63) is 114 Å². The maximum Gasteiger partial charge on any atom is 0.490 e. The lowest BCUT2D eigenvalue weighted by atomic mass is 9.97. The van der Waals surface area contributed by atoms with Crippen LogP contribution in [-0.2, 0) is 48.2 Å². The molecule has 0 fully saturated rings. The number of fused-ring (bicyclic) bond motifs is 2. The Balaban J connectivity index is 0.000000693. The molecule has 0 saturated heterocycles. The number of aromatic nitrogens is 2. The number of aliphatic carboxylic acids is 2. The van der Waals surface area contributed by atoms with Gasteiger partial charge in [0.05, 0.1) is 26.4 Å². The van der Waals surface area contributed by atoms with Crippen molar-refractivity contribution in [1.29, 1.82) is 0 Å². The summed E-state index contributed by atoms with van der Waals surface area (Å²) < 4.78 is 70.5. The third-order valence-electron chi connectivity index (χ3n) is 10.00. The topological polar surface area (TPSA) is 180 Å². The van der Waals surface area contributed by atoms with Crippen LogP contribution in [0.5, 0.6) is 0 Å². The third kappa shape index (κ3) is 17.7. The number of rotatable bonds is 18. The number of carboxylic acid groups (broad SMARTS) is 2. The van der Waals surface area contributed by atoms with Crippen molar-refractivity contribution in [2.75, 3.05) is 32.2 Å². The molecule has 65 heavy (non-hydrogen) atoms. The minimum atomic E-state index is -5.08. The maximum atomic E-state index is 13.7. The van der Waals surface area contributed by atoms with Crippen LogP contribution >= 0.6 is 11.8 Å². The molecule has 0 aliphatic heterocycles. The Morgan fingerprint density at radius 1 is 0.831 bits per heavy atom. The molecule has 4 aromatic carbocycles. The zero-order chi connectivity index (χ0) is 48.3. The molecule has 352 valence electrons. The van der Waals surface area contributed by atoms with Crippen LogP contribution in [0.2, 0.25) is 0 Å². The molecule has 0 aliphatic rings. The van der Waals surface area contributed by atoms with Gasteiger partial charge in [0, 0.05) is 37.6 Å². The number of hydrogen-bond acceptors (Lipinski definition) is 9. The number of nitrogens with zero attached hydrogens (tertiary/aromatic N) is 3. The number of thioether (sulfide) groups is 1. The van der Waals surface area contributed by atoms with Crippen LogP contribution in [0.25, 0.3) is 21.5 Å². The van der Waals surface area contributed by atoms with Crippen molar-refractivity contribution < 1.29 is 65.3 Å². The van der Waals surface area contributed by atoms with Gasteiger partial charge in [0.25, 0.3) is 0 Å². The van der Waals surface area contributed by atoms with Gasteiger partial charge in [-0.15, -0.1) is 0 Å². The number of methoxy groups -OCH3 is 1. The molecule has 20 heteroatoms. The fourth-order valence-electron chi connectivity index (χ4n) is 6.45. The van der Waals surface area contributed by atoms with Crippen molar-refractivity contribution in [2.24, 2.45) is 5.92 Å². The summed E-state index contributed by atoms with van der Waals surface area (Å²) in [5.74, 6) is -5.48. The molecular formula is C45H51F6N5O8S. The summed E-state index contributed by atoms with van der Waals surface area (Å²) in [4.78, 5) is 64.0. The van der Waals surface area contributed by atoms with E-state index < -0.39 is 36.3 Å². The van der Waals surface area contributed by atoms with Gasteiger partial charge in [-0.05, 0) is 63.1 Å². The summed E-state index contributed by atoms with van der Waals surface area (Å²) in [6, 6.07) is 28.1. The maximum absolute atomic E-state index is 13.7. The number of imidazole rings is 1. The van der Waals surface area contributed by atoms with Gasteiger partial charge >= 0.3 is 30.3 Å². The van der Waals surface area contributed by atoms with E-state index >= 15 is 0 Å². The number of alkyl halides is 6. The summed E-state index contributed by atoms with van der Waals surface area (Å²) in [5.41, 5.74) is 3.05. The van der Waals surface area contributed by atoms with E-state index in [2.05, 4.69) is 89.0 Å². The second kappa shape index (κ2) is 25.4. The number of ether oxygens (including phenoxy) is 1. The molecule has 0 radical (unpaired) electrons. The Bertz CT molecular complexity index is 2330. The molecule has 1 aromatic heterocycles. The number of amides is 2. The average Bonchev–Trinajstić information content (AvgIpc) is 3.69. The van der Waals surface area contributed by atoms with Crippen molar-refractivity contribution in [2.45, 2.75) is 70.6 Å². The van der Waals surface area contributed by atoms with Gasteiger partial charge in [0.15, 0.2) is 0 Å². The van der Waals surface area contributed by atoms with Crippen LogP contribution in [0.3, 0.4) is 0 Å². The largest absolute Gasteiger partial charge is 0.490 e. The normalized spacial score (nSPS) is 12.8. The summed E-state index contributed by atoms with van der Waals surface area (Å²) >= 11 is 1.61. The van der Waals surface area contributed by atoms with Gasteiger partial charge in [-0.25, -0.2) is 19.4 Å². The molecule has 0 bridgehead atoms. The van der Waals surface area contributed by atoms with E-state index in [4.69, 9.17) is 24.5 Å². The van der Waals surface area contributed by atoms with Crippen LogP contribution < -0.4 is 10.6 Å². The third-order valence-corrected chi connectivity index (χ3v) is 10.6. The second-order valence-electron chi connectivity index (χ2n) is 14.8. The molecule has 1 heterocycles. The summed E-state index contributed by atoms with van der Waals surface area (Å²) in [7, 11) is 1.34. The van der Waals surface area contributed by atoms with Crippen molar-refractivity contribution >= 4 is 63.0 Å². The lowest BCUT2D eigenvalue weighted by molar-refractivity contribution is -0.193. The van der Waals surface area contributed by atoms with Gasteiger partial charge < -0.3 is 30.2 Å². The summed E-state index contributed by atoms with van der Waals surface area (Å²) in [5, 5.41) is 25.1. The number of carbonyl (C=O) groups excluding carboxylic acids is 3. The van der Waals surface area contributed by atoms with Gasteiger partial charge in [-0.1, -0.05) is 99.1 Å². The molecule has 0 saturated carbocycles. The van der Waals surface area contributed by atoms with E-state index in [0.29, 0.717) is 31.8 Å². The smallest absolute Gasteiger partial charge is 0.475 e. The van der Waals surface area contributed by atoms with Crippen LogP contribution in [0, 0.1) is 5.92 Å². The fourth-order valence-corrected chi connectivity index (χ4v) is 6.92. The highest BCUT2D eigenvalue weighted by Crippen LogP contribution is 2.22. The highest BCUT2D eigenvalue weighted by Gasteiger charge is 2.39. The molecule has 2 amide bonds. The molecule has 0 spiro atoms. The van der Waals surface area contributed by atoms with Gasteiger partial charge in [0.1, 0.15) is 6.04 Å². The number of carboxylic acids is 2. The second-order valence-corrected chi connectivity index (χ2v) is 15.8. The van der Waals surface area contributed by atoms with Gasteiger partial charge in [0.2, 0.25) is 11.8 Å². The molecule has 4 N–H and O–H groups in total. The van der Waals surface area contributed by atoms with Crippen LogP contribution in [0.4, 0.5) is 26.3 Å². The Morgan fingerprint density at radius 2 is 1.43 bits per heavy atom. The lowest BCUT2D eigenvalue weighted by Gasteiger charge is -2.32. The van der Waals surface area contributed by atoms with Crippen molar-refractivity contribution in [3.8, 4) is 0 Å². The highest BCUT2D eigenvalue weighted by molar-refractivity contribution is 7.98. The number of benzene rings is 4. The zero-order valence-electron chi connectivity index (χ0n) is 36.0. The van der Waals surface area contributed by atoms with E-state index in [1.165, 1.54) is 17.9 Å². The van der Waals surface area contributed by atoms with E-state index in [0.717, 1.165) is 34.0 Å². The predicted molar refractivity (Wildman–Crippen MR) is 234 cm³/mol. The van der Waals surface area contributed by atoms with Crippen LogP contribution in [0.15, 0.2) is 97.5 Å². The summed E-state index contributed by atoms with van der Waals surface area (Å²) in [6.45, 7) is 5.83. The molecule has 5 aromatic rings. The number of nitrogens with one attached hydrogen (secondary N) is 2. The first-order chi connectivity index (χ1) is 30.7. The Labute approximate surface area is 375 Å². The monoisotopic (exact) mass is 935 g/mol. The molecule has 13 nitrogen and oxygen atoms in total. The first-order valence-electron chi connectivity index (χ1n) is 20.1. The molecule has 3 atom stereocenters. The molecule has 0 aliphatic carbocycles. The number of carbonyl (C=O) groups is 5. The van der Waals surface area contributed by atoms with E-state index in [-0.39, 0.29) is 36.7 Å². The highest BCUT2D eigenvalue weighted by atomic mass is 32.2. The average molecular weight is 936 g/mol. The quantitative estimate of drug-likeness (QED) is 0.0505. The Morgan fingerprint density at radius 3 is 2.03 bits per heavy atom. The predicted octanol–water partition coefficient (Wildman–Crippen LogP) is 7.49. The van der Waals surface area contributed by atoms with Gasteiger partial charge in [-0.2, -0.15) is 38.1 Å². The van der Waals surface area contributed by atoms with Gasteiger partial charge in [-0.3, -0.25) is 14.5 Å². The van der Waals surface area contributed by atoms with Crippen molar-refractivity contribution in [3.63, 3.8) is 0 Å². The zero-order valence-corrected chi connectivity index (χ0v) is 36.8. The number of halogens is 6. The minimum Gasteiger partial charge on any atom is -0.475 e. The summed E-state index contributed by atoms with van der Waals surface area (Å²) in [6.07, 6.45) is -3.17. The SMILES string of the molecule is CC[C@H](C)[C@@H](CN(CC(=O)N[C@@H](CCSC)C(=O)OC)Cc1cccc2ccccc12)NC(=O)Cc1cncn1Cc1ccc2ccccc2c1.O=C(O)C(F)(F)F.O=C(O)C(F)(F)F. The van der Waals surface area contributed by atoms with Crippen LogP contribution in [-0.4, -0.2) is 111 Å². The fraction of sp³-hybridized carbons (Fsp3) is 0.378. The molecular weight excluding hydrogens is 885 g/mol. The van der Waals surface area contributed by atoms with Crippen LogP contribution in [0.1, 0.15) is 43.5 Å². The molecule has 0 unspecified atom stereocenters.